The Kier molecular flexibility index (Phi) is 1.92. The van der Waals surface area contributed by atoms with Gasteiger partial charge < -0.3 is 10.8 Å². The van der Waals surface area contributed by atoms with E-state index in [-0.39, 0.29) is 17.1 Å². The van der Waals surface area contributed by atoms with Gasteiger partial charge in [0, 0.05) is 6.20 Å². The zero-order chi connectivity index (χ0) is 9.14. The van der Waals surface area contributed by atoms with E-state index in [2.05, 4.69) is 9.83 Å². The third-order valence-corrected chi connectivity index (χ3v) is 1.26. The molecular formula is C7H5N3O2. The molecule has 0 amide bonds. The number of nitrogen functional groups attached to an aromatic ring is 1. The summed E-state index contributed by atoms with van der Waals surface area (Å²) in [5.74, 6) is -1.25. The second kappa shape index (κ2) is 2.88. The van der Waals surface area contributed by atoms with Crippen molar-refractivity contribution in [2.45, 2.75) is 0 Å². The zero-order valence-electron chi connectivity index (χ0n) is 5.98. The Balaban J connectivity index is 3.28. The maximum Gasteiger partial charge on any atom is 0.338 e. The summed E-state index contributed by atoms with van der Waals surface area (Å²) >= 11 is 0. The zero-order valence-corrected chi connectivity index (χ0v) is 5.98. The monoisotopic (exact) mass is 163 g/mol. The number of pyridine rings is 1. The van der Waals surface area contributed by atoms with Crippen LogP contribution in [0, 0.1) is 6.57 Å². The minimum Gasteiger partial charge on any atom is -0.478 e. The normalized spacial score (nSPS) is 8.92. The first-order valence-corrected chi connectivity index (χ1v) is 3.01. The van der Waals surface area contributed by atoms with Gasteiger partial charge in [-0.3, -0.25) is 4.98 Å². The largest absolute Gasteiger partial charge is 0.478 e. The van der Waals surface area contributed by atoms with Crippen molar-refractivity contribution in [3.05, 3.63) is 29.2 Å². The summed E-state index contributed by atoms with van der Waals surface area (Å²) in [6.45, 7) is 6.60. The van der Waals surface area contributed by atoms with Crippen LogP contribution in [-0.2, 0) is 0 Å². The number of hydrogen-bond acceptors (Lipinski definition) is 3. The Bertz CT molecular complexity index is 367. The minimum absolute atomic E-state index is 0.0742. The first-order valence-electron chi connectivity index (χ1n) is 3.01. The molecule has 1 rings (SSSR count). The molecule has 0 atom stereocenters. The third-order valence-electron chi connectivity index (χ3n) is 1.26. The molecule has 0 aliphatic rings. The Morgan fingerprint density at radius 3 is 2.92 bits per heavy atom. The fraction of sp³-hybridized carbons (Fsp3) is 0. The predicted octanol–water partition coefficient (Wildman–Crippen LogP) is 0.913. The molecule has 0 aliphatic heterocycles. The van der Waals surface area contributed by atoms with Gasteiger partial charge in [0.2, 0.25) is 5.69 Å². The smallest absolute Gasteiger partial charge is 0.338 e. The maximum absolute atomic E-state index is 10.5. The molecule has 0 unspecified atom stereocenters. The summed E-state index contributed by atoms with van der Waals surface area (Å²) in [6, 6.07) is 1.19. The van der Waals surface area contributed by atoms with Crippen molar-refractivity contribution in [2.75, 3.05) is 5.73 Å². The fourth-order valence-electron chi connectivity index (χ4n) is 0.697. The van der Waals surface area contributed by atoms with E-state index >= 15 is 0 Å². The van der Waals surface area contributed by atoms with Gasteiger partial charge in [0.15, 0.2) is 0 Å². The Labute approximate surface area is 68.3 Å². The fourth-order valence-corrected chi connectivity index (χ4v) is 0.697. The Hall–Kier alpha value is -2.09. The molecule has 0 bridgehead atoms. The molecule has 0 fully saturated rings. The lowest BCUT2D eigenvalue weighted by atomic mass is 10.2. The summed E-state index contributed by atoms with van der Waals surface area (Å²) in [7, 11) is 0. The average molecular weight is 163 g/mol. The summed E-state index contributed by atoms with van der Waals surface area (Å²) in [6.07, 6.45) is 1.23. The van der Waals surface area contributed by atoms with Gasteiger partial charge in [-0.2, -0.15) is 0 Å². The van der Waals surface area contributed by atoms with Crippen molar-refractivity contribution in [3.63, 3.8) is 0 Å². The van der Waals surface area contributed by atoms with Gasteiger partial charge in [-0.15, -0.1) is 0 Å². The number of hydrogen-bond donors (Lipinski definition) is 2. The molecule has 0 aromatic carbocycles. The highest BCUT2D eigenvalue weighted by atomic mass is 16.4. The SMILES string of the molecule is [C-]#[N+]c1cnc(N)c(C(=O)O)c1. The van der Waals surface area contributed by atoms with Crippen molar-refractivity contribution in [3.8, 4) is 0 Å². The number of nitrogens with zero attached hydrogens (tertiary/aromatic N) is 2. The molecule has 1 aromatic rings. The Morgan fingerprint density at radius 1 is 1.75 bits per heavy atom. The van der Waals surface area contributed by atoms with Crippen molar-refractivity contribution in [2.24, 2.45) is 0 Å². The highest BCUT2D eigenvalue weighted by Gasteiger charge is 2.08. The van der Waals surface area contributed by atoms with Gasteiger partial charge in [-0.25, -0.2) is 9.64 Å². The lowest BCUT2D eigenvalue weighted by Gasteiger charge is -1.98. The van der Waals surface area contributed by atoms with Gasteiger partial charge in [0.25, 0.3) is 0 Å². The summed E-state index contributed by atoms with van der Waals surface area (Å²) in [5.41, 5.74) is 5.28. The van der Waals surface area contributed by atoms with Gasteiger partial charge in [0.1, 0.15) is 5.82 Å². The molecule has 12 heavy (non-hydrogen) atoms. The van der Waals surface area contributed by atoms with Crippen LogP contribution in [0.25, 0.3) is 4.85 Å². The molecule has 5 nitrogen and oxygen atoms in total. The van der Waals surface area contributed by atoms with Crippen LogP contribution < -0.4 is 5.73 Å². The minimum atomic E-state index is -1.18. The second-order valence-corrected chi connectivity index (χ2v) is 2.04. The van der Waals surface area contributed by atoms with Gasteiger partial charge in [-0.1, -0.05) is 0 Å². The van der Waals surface area contributed by atoms with Gasteiger partial charge in [0.05, 0.1) is 12.1 Å². The highest BCUT2D eigenvalue weighted by Crippen LogP contribution is 2.16. The van der Waals surface area contributed by atoms with Crippen LogP contribution in [-0.4, -0.2) is 16.1 Å². The van der Waals surface area contributed by atoms with Crippen LogP contribution in [0.5, 0.6) is 0 Å². The van der Waals surface area contributed by atoms with Crippen LogP contribution in [0.2, 0.25) is 0 Å². The second-order valence-electron chi connectivity index (χ2n) is 2.04. The maximum atomic E-state index is 10.5. The molecule has 0 spiro atoms. The number of aromatic carboxylic acids is 1. The third kappa shape index (κ3) is 1.32. The predicted molar refractivity (Wildman–Crippen MR) is 41.9 cm³/mol. The highest BCUT2D eigenvalue weighted by molar-refractivity contribution is 5.93. The summed E-state index contributed by atoms with van der Waals surface area (Å²) < 4.78 is 0. The number of aromatic nitrogens is 1. The van der Waals surface area contributed by atoms with Gasteiger partial charge in [-0.05, 0) is 6.07 Å². The molecule has 3 N–H and O–H groups in total. The van der Waals surface area contributed by atoms with E-state index < -0.39 is 5.97 Å². The summed E-state index contributed by atoms with van der Waals surface area (Å²) in [5, 5.41) is 8.56. The first kappa shape index (κ1) is 8.01. The van der Waals surface area contributed by atoms with Crippen LogP contribution in [0.1, 0.15) is 10.4 Å². The number of rotatable bonds is 1. The van der Waals surface area contributed by atoms with E-state index in [4.69, 9.17) is 17.4 Å². The standard InChI is InChI=1S/C7H5N3O2/c1-9-4-2-5(7(11)12)6(8)10-3-4/h2-3H,(H2,8,10)(H,11,12). The topological polar surface area (TPSA) is 80.6 Å². The van der Waals surface area contributed by atoms with E-state index in [1.165, 1.54) is 12.3 Å². The van der Waals surface area contributed by atoms with E-state index in [0.717, 1.165) is 0 Å². The molecule has 0 aliphatic carbocycles. The van der Waals surface area contributed by atoms with Gasteiger partial charge >= 0.3 is 5.97 Å². The molecule has 0 radical (unpaired) electrons. The van der Waals surface area contributed by atoms with Crippen LogP contribution >= 0.6 is 0 Å². The summed E-state index contributed by atoms with van der Waals surface area (Å²) in [4.78, 5) is 17.0. The van der Waals surface area contributed by atoms with E-state index in [1.54, 1.807) is 0 Å². The van der Waals surface area contributed by atoms with Crippen molar-refractivity contribution < 1.29 is 9.90 Å². The number of carbonyl (C=O) groups is 1. The number of carboxylic acid groups (broad SMARTS) is 1. The number of anilines is 1. The molecule has 0 saturated heterocycles. The van der Waals surface area contributed by atoms with Crippen LogP contribution in [0.4, 0.5) is 11.5 Å². The van der Waals surface area contributed by atoms with Crippen molar-refractivity contribution >= 4 is 17.5 Å². The molecule has 0 saturated carbocycles. The quantitative estimate of drug-likeness (QED) is 0.603. The van der Waals surface area contributed by atoms with E-state index in [0.29, 0.717) is 0 Å². The molecule has 5 heteroatoms. The molecular weight excluding hydrogens is 158 g/mol. The lowest BCUT2D eigenvalue weighted by molar-refractivity contribution is 0.0698. The van der Waals surface area contributed by atoms with Crippen LogP contribution in [0.3, 0.4) is 0 Å². The average Bonchev–Trinajstić information content (AvgIpc) is 2.05. The number of nitrogens with two attached hydrogens (primary N) is 1. The Morgan fingerprint density at radius 2 is 2.42 bits per heavy atom. The lowest BCUT2D eigenvalue weighted by Crippen LogP contribution is -2.03. The van der Waals surface area contributed by atoms with Crippen molar-refractivity contribution in [1.29, 1.82) is 0 Å². The van der Waals surface area contributed by atoms with Crippen LogP contribution in [0.15, 0.2) is 12.3 Å². The van der Waals surface area contributed by atoms with Crippen molar-refractivity contribution in [1.82, 2.24) is 4.98 Å². The first-order chi connectivity index (χ1) is 5.65. The van der Waals surface area contributed by atoms with E-state index in [1.807, 2.05) is 0 Å². The van der Waals surface area contributed by atoms with E-state index in [9.17, 15) is 4.79 Å². The molecule has 1 heterocycles. The molecule has 1 aromatic heterocycles. The number of carboxylic acids is 1. The molecule has 60 valence electrons.